The number of ether oxygens (including phenoxy) is 2. The van der Waals surface area contributed by atoms with Crippen LogP contribution in [-0.2, 0) is 9.53 Å². The molecule has 0 fully saturated rings. The van der Waals surface area contributed by atoms with Crippen molar-refractivity contribution in [3.05, 3.63) is 41.1 Å². The van der Waals surface area contributed by atoms with E-state index in [0.717, 1.165) is 11.3 Å². The summed E-state index contributed by atoms with van der Waals surface area (Å²) in [5.41, 5.74) is 2.00. The number of fused-ring (bicyclic) bond motifs is 1. The first kappa shape index (κ1) is 15.0. The molecule has 0 unspecified atom stereocenters. The van der Waals surface area contributed by atoms with Crippen LogP contribution in [-0.4, -0.2) is 39.9 Å². The molecule has 1 aliphatic rings. The summed E-state index contributed by atoms with van der Waals surface area (Å²) in [6.07, 6.45) is 0. The van der Waals surface area contributed by atoms with Gasteiger partial charge in [-0.1, -0.05) is 17.2 Å². The molecule has 0 saturated heterocycles. The Hall–Kier alpha value is -2.90. The van der Waals surface area contributed by atoms with Crippen LogP contribution < -0.4 is 10.1 Å². The lowest BCUT2D eigenvalue weighted by Gasteiger charge is -2.27. The molecule has 1 aromatic carbocycles. The van der Waals surface area contributed by atoms with E-state index in [-0.39, 0.29) is 0 Å². The van der Waals surface area contributed by atoms with Crippen LogP contribution in [0, 0.1) is 0 Å². The molecule has 3 rings (SSSR count). The van der Waals surface area contributed by atoms with Crippen LogP contribution >= 0.6 is 0 Å². The second kappa shape index (κ2) is 6.07. The molecule has 2 heterocycles. The molecule has 1 atom stereocenters. The van der Waals surface area contributed by atoms with Crippen LogP contribution in [0.3, 0.4) is 0 Å². The van der Waals surface area contributed by atoms with E-state index in [2.05, 4.69) is 20.8 Å². The fourth-order valence-electron chi connectivity index (χ4n) is 2.61. The number of nitrogens with zero attached hydrogens (tertiary/aromatic N) is 4. The molecule has 120 valence electrons. The first-order valence-corrected chi connectivity index (χ1v) is 7.22. The van der Waals surface area contributed by atoms with E-state index in [1.807, 2.05) is 31.2 Å². The SMILES string of the molecule is CCOc1ccc([C@H]2C(C(=O)OC)=C(C)Nc3nnnn32)cc1. The molecule has 0 aliphatic carbocycles. The second-order valence-corrected chi connectivity index (χ2v) is 5.01. The summed E-state index contributed by atoms with van der Waals surface area (Å²) < 4.78 is 11.9. The Kier molecular flexibility index (Phi) is 3.96. The van der Waals surface area contributed by atoms with Crippen molar-refractivity contribution < 1.29 is 14.3 Å². The minimum Gasteiger partial charge on any atom is -0.494 e. The van der Waals surface area contributed by atoms with Crippen molar-refractivity contribution in [3.8, 4) is 5.75 Å². The summed E-state index contributed by atoms with van der Waals surface area (Å²) in [4.78, 5) is 12.2. The third-order valence-corrected chi connectivity index (χ3v) is 3.63. The van der Waals surface area contributed by atoms with E-state index in [9.17, 15) is 4.79 Å². The van der Waals surface area contributed by atoms with Gasteiger partial charge in [-0.2, -0.15) is 4.68 Å². The van der Waals surface area contributed by atoms with E-state index in [1.165, 1.54) is 7.11 Å². The zero-order chi connectivity index (χ0) is 16.4. The Labute approximate surface area is 133 Å². The van der Waals surface area contributed by atoms with E-state index in [4.69, 9.17) is 9.47 Å². The van der Waals surface area contributed by atoms with E-state index in [1.54, 1.807) is 11.6 Å². The van der Waals surface area contributed by atoms with Crippen molar-refractivity contribution >= 4 is 11.9 Å². The van der Waals surface area contributed by atoms with Gasteiger partial charge >= 0.3 is 5.97 Å². The highest BCUT2D eigenvalue weighted by atomic mass is 16.5. The number of carbonyl (C=O) groups is 1. The lowest BCUT2D eigenvalue weighted by Crippen LogP contribution is -2.29. The molecule has 8 nitrogen and oxygen atoms in total. The summed E-state index contributed by atoms with van der Waals surface area (Å²) in [6, 6.07) is 7.04. The van der Waals surface area contributed by atoms with Crippen molar-refractivity contribution in [2.24, 2.45) is 0 Å². The zero-order valence-corrected chi connectivity index (χ0v) is 13.1. The number of benzene rings is 1. The van der Waals surface area contributed by atoms with Crippen molar-refractivity contribution in [2.45, 2.75) is 19.9 Å². The van der Waals surface area contributed by atoms with E-state index in [0.29, 0.717) is 23.8 Å². The van der Waals surface area contributed by atoms with Gasteiger partial charge in [-0.3, -0.25) is 0 Å². The number of allylic oxidation sites excluding steroid dienone is 1. The molecular weight excluding hydrogens is 298 g/mol. The van der Waals surface area contributed by atoms with Crippen LogP contribution in [0.5, 0.6) is 5.75 Å². The van der Waals surface area contributed by atoms with Crippen LogP contribution in [0.1, 0.15) is 25.5 Å². The standard InChI is InChI=1S/C15H17N5O3/c1-4-23-11-7-5-10(6-8-11)13-12(14(21)22-3)9(2)16-15-17-18-19-20(13)15/h5-8,13H,4H2,1-3H3,(H,16,17,19)/t13-/m0/s1. The van der Waals surface area contributed by atoms with Gasteiger partial charge in [0.25, 0.3) is 0 Å². The molecule has 0 spiro atoms. The minimum absolute atomic E-state index is 0.421. The van der Waals surface area contributed by atoms with Crippen LogP contribution in [0.4, 0.5) is 5.95 Å². The normalized spacial score (nSPS) is 16.6. The number of rotatable bonds is 4. The smallest absolute Gasteiger partial charge is 0.338 e. The lowest BCUT2D eigenvalue weighted by atomic mass is 9.96. The number of hydrogen-bond donors (Lipinski definition) is 1. The predicted octanol–water partition coefficient (Wildman–Crippen LogP) is 1.53. The monoisotopic (exact) mass is 315 g/mol. The van der Waals surface area contributed by atoms with Crippen molar-refractivity contribution in [1.29, 1.82) is 0 Å². The maximum absolute atomic E-state index is 12.2. The zero-order valence-electron chi connectivity index (χ0n) is 13.1. The molecule has 0 amide bonds. The van der Waals surface area contributed by atoms with Gasteiger partial charge in [-0.15, -0.1) is 0 Å². The Morgan fingerprint density at radius 2 is 2.09 bits per heavy atom. The number of carbonyl (C=O) groups excluding carboxylic acids is 1. The van der Waals surface area contributed by atoms with Gasteiger partial charge in [0.1, 0.15) is 11.8 Å². The van der Waals surface area contributed by atoms with Gasteiger partial charge in [0.2, 0.25) is 5.95 Å². The van der Waals surface area contributed by atoms with Gasteiger partial charge in [0.05, 0.1) is 19.3 Å². The van der Waals surface area contributed by atoms with Gasteiger partial charge in [0, 0.05) is 5.70 Å². The largest absolute Gasteiger partial charge is 0.494 e. The Morgan fingerprint density at radius 3 is 2.74 bits per heavy atom. The Morgan fingerprint density at radius 1 is 1.35 bits per heavy atom. The molecule has 1 aliphatic heterocycles. The summed E-state index contributed by atoms with van der Waals surface area (Å²) >= 11 is 0. The van der Waals surface area contributed by atoms with Gasteiger partial charge in [-0.25, -0.2) is 4.79 Å². The Bertz CT molecular complexity index is 751. The van der Waals surface area contributed by atoms with Gasteiger partial charge in [-0.05, 0) is 42.0 Å². The minimum atomic E-state index is -0.454. The molecule has 8 heteroatoms. The van der Waals surface area contributed by atoms with E-state index < -0.39 is 12.0 Å². The Balaban J connectivity index is 2.07. The number of tetrazole rings is 1. The number of anilines is 1. The fraction of sp³-hybridized carbons (Fsp3) is 0.333. The van der Waals surface area contributed by atoms with Gasteiger partial charge < -0.3 is 14.8 Å². The average molecular weight is 315 g/mol. The number of aromatic nitrogens is 4. The molecule has 1 N–H and O–H groups in total. The number of hydrogen-bond acceptors (Lipinski definition) is 7. The van der Waals surface area contributed by atoms with E-state index >= 15 is 0 Å². The molecule has 0 bridgehead atoms. The summed E-state index contributed by atoms with van der Waals surface area (Å²) in [7, 11) is 1.35. The first-order valence-electron chi connectivity index (χ1n) is 7.22. The highest BCUT2D eigenvalue weighted by molar-refractivity contribution is 5.92. The lowest BCUT2D eigenvalue weighted by molar-refractivity contribution is -0.136. The number of methoxy groups -OCH3 is 1. The fourth-order valence-corrected chi connectivity index (χ4v) is 2.61. The number of esters is 1. The summed E-state index contributed by atoms with van der Waals surface area (Å²) in [5.74, 6) is 0.825. The van der Waals surface area contributed by atoms with Crippen molar-refractivity contribution in [3.63, 3.8) is 0 Å². The molecule has 0 radical (unpaired) electrons. The quantitative estimate of drug-likeness (QED) is 0.855. The average Bonchev–Trinajstić information content (AvgIpc) is 3.02. The van der Waals surface area contributed by atoms with Crippen LogP contribution in [0.2, 0.25) is 0 Å². The number of nitrogens with one attached hydrogen (secondary N) is 1. The maximum Gasteiger partial charge on any atom is 0.338 e. The summed E-state index contributed by atoms with van der Waals surface area (Å²) in [5, 5.41) is 14.6. The topological polar surface area (TPSA) is 91.2 Å². The molecular formula is C15H17N5O3. The highest BCUT2D eigenvalue weighted by Gasteiger charge is 2.34. The third kappa shape index (κ3) is 2.63. The van der Waals surface area contributed by atoms with Crippen molar-refractivity contribution in [1.82, 2.24) is 20.2 Å². The maximum atomic E-state index is 12.2. The molecule has 0 saturated carbocycles. The van der Waals surface area contributed by atoms with Gasteiger partial charge in [0.15, 0.2) is 0 Å². The first-order chi connectivity index (χ1) is 11.2. The van der Waals surface area contributed by atoms with Crippen LogP contribution in [0.25, 0.3) is 0 Å². The third-order valence-electron chi connectivity index (χ3n) is 3.63. The second-order valence-electron chi connectivity index (χ2n) is 5.01. The van der Waals surface area contributed by atoms with Crippen LogP contribution in [0.15, 0.2) is 35.5 Å². The molecule has 23 heavy (non-hydrogen) atoms. The predicted molar refractivity (Wildman–Crippen MR) is 81.9 cm³/mol. The molecule has 2 aromatic rings. The molecule has 1 aromatic heterocycles. The van der Waals surface area contributed by atoms with Crippen molar-refractivity contribution in [2.75, 3.05) is 19.0 Å². The highest BCUT2D eigenvalue weighted by Crippen LogP contribution is 2.35. The summed E-state index contributed by atoms with van der Waals surface area (Å²) in [6.45, 7) is 4.32.